The van der Waals surface area contributed by atoms with Crippen molar-refractivity contribution in [1.29, 1.82) is 0 Å². The number of nitrogens with one attached hydrogen (secondary N) is 1. The van der Waals surface area contributed by atoms with Gasteiger partial charge in [-0.05, 0) is 30.2 Å². The summed E-state index contributed by atoms with van der Waals surface area (Å²) in [7, 11) is 0. The Morgan fingerprint density at radius 2 is 1.75 bits per heavy atom. The largest absolute Gasteiger partial charge is 0.395 e. The van der Waals surface area contributed by atoms with Gasteiger partial charge < -0.3 is 10.4 Å². The Labute approximate surface area is 123 Å². The molecule has 0 aromatic heterocycles. The van der Waals surface area contributed by atoms with Crippen LogP contribution in [0.15, 0.2) is 30.3 Å². The molecule has 1 saturated carbocycles. The van der Waals surface area contributed by atoms with Crippen molar-refractivity contribution in [3.8, 4) is 0 Å². The number of hydrogen-bond acceptors (Lipinski definition) is 2. The molecule has 1 aliphatic rings. The molecule has 2 nitrogen and oxygen atoms in total. The first kappa shape index (κ1) is 15.5. The summed E-state index contributed by atoms with van der Waals surface area (Å²) in [6.45, 7) is 4.57. The van der Waals surface area contributed by atoms with E-state index >= 15 is 0 Å². The second-order valence-electron chi connectivity index (χ2n) is 6.49. The van der Waals surface area contributed by atoms with Crippen molar-refractivity contribution in [1.82, 2.24) is 5.32 Å². The highest BCUT2D eigenvalue weighted by molar-refractivity contribution is 5.20. The standard InChI is InChI=1S/C18H29NO/c1-14(2)17(13-20)19-18(15-9-5-3-6-10-15)16-11-7-4-8-12-16/h3,5-6,9-10,14,16-20H,4,7-8,11-13H2,1-2H3/t17-,18?/m1/s1. The maximum atomic E-state index is 9.63. The molecule has 2 rings (SSSR count). The molecule has 20 heavy (non-hydrogen) atoms. The minimum absolute atomic E-state index is 0.183. The van der Waals surface area contributed by atoms with Gasteiger partial charge in [0.25, 0.3) is 0 Å². The maximum Gasteiger partial charge on any atom is 0.0587 e. The summed E-state index contributed by atoms with van der Waals surface area (Å²) >= 11 is 0. The van der Waals surface area contributed by atoms with Crippen molar-refractivity contribution < 1.29 is 5.11 Å². The average Bonchev–Trinajstić information content (AvgIpc) is 2.50. The van der Waals surface area contributed by atoms with Crippen LogP contribution in [0.5, 0.6) is 0 Å². The first-order valence-electron chi connectivity index (χ1n) is 8.14. The Hall–Kier alpha value is -0.860. The van der Waals surface area contributed by atoms with Gasteiger partial charge in [0.2, 0.25) is 0 Å². The lowest BCUT2D eigenvalue weighted by Crippen LogP contribution is -2.42. The van der Waals surface area contributed by atoms with Crippen LogP contribution in [0, 0.1) is 11.8 Å². The van der Waals surface area contributed by atoms with Crippen LogP contribution in [0.1, 0.15) is 57.6 Å². The lowest BCUT2D eigenvalue weighted by Gasteiger charge is -2.35. The fraction of sp³-hybridized carbons (Fsp3) is 0.667. The third-order valence-corrected chi connectivity index (χ3v) is 4.67. The van der Waals surface area contributed by atoms with E-state index in [9.17, 15) is 5.11 Å². The summed E-state index contributed by atoms with van der Waals surface area (Å²) in [6.07, 6.45) is 6.69. The average molecular weight is 275 g/mol. The van der Waals surface area contributed by atoms with Gasteiger partial charge in [-0.1, -0.05) is 63.4 Å². The van der Waals surface area contributed by atoms with Gasteiger partial charge in [-0.25, -0.2) is 0 Å². The summed E-state index contributed by atoms with van der Waals surface area (Å²) in [6, 6.07) is 11.3. The molecule has 1 aromatic rings. The Morgan fingerprint density at radius 1 is 1.10 bits per heavy atom. The number of aliphatic hydroxyl groups excluding tert-OH is 1. The summed E-state index contributed by atoms with van der Waals surface area (Å²) in [5, 5.41) is 13.4. The van der Waals surface area contributed by atoms with Gasteiger partial charge in [-0.2, -0.15) is 0 Å². The SMILES string of the molecule is CC(C)[C@@H](CO)NC(c1ccccc1)C1CCCCC1. The van der Waals surface area contributed by atoms with E-state index in [1.54, 1.807) is 0 Å². The molecule has 0 bridgehead atoms. The highest BCUT2D eigenvalue weighted by Gasteiger charge is 2.27. The molecular weight excluding hydrogens is 246 g/mol. The van der Waals surface area contributed by atoms with Gasteiger partial charge in [0.15, 0.2) is 0 Å². The summed E-state index contributed by atoms with van der Waals surface area (Å²) in [4.78, 5) is 0. The van der Waals surface area contributed by atoms with Crippen LogP contribution in [-0.2, 0) is 0 Å². The number of aliphatic hydroxyl groups is 1. The van der Waals surface area contributed by atoms with Crippen molar-refractivity contribution in [3.63, 3.8) is 0 Å². The Kier molecular flexibility index (Phi) is 6.06. The van der Waals surface area contributed by atoms with Crippen LogP contribution in [0.2, 0.25) is 0 Å². The smallest absolute Gasteiger partial charge is 0.0587 e. The van der Waals surface area contributed by atoms with E-state index in [4.69, 9.17) is 0 Å². The maximum absolute atomic E-state index is 9.63. The molecule has 112 valence electrons. The quantitative estimate of drug-likeness (QED) is 0.825. The fourth-order valence-electron chi connectivity index (χ4n) is 3.32. The van der Waals surface area contributed by atoms with E-state index in [0.717, 1.165) is 0 Å². The monoisotopic (exact) mass is 275 g/mol. The summed E-state index contributed by atoms with van der Waals surface area (Å²) < 4.78 is 0. The fourth-order valence-corrected chi connectivity index (χ4v) is 3.32. The molecule has 1 aromatic carbocycles. The number of hydrogen-bond donors (Lipinski definition) is 2. The lowest BCUT2D eigenvalue weighted by atomic mass is 9.80. The zero-order valence-corrected chi connectivity index (χ0v) is 12.9. The van der Waals surface area contributed by atoms with Crippen LogP contribution in [0.25, 0.3) is 0 Å². The molecular formula is C18H29NO. The molecule has 1 fully saturated rings. The first-order chi connectivity index (χ1) is 9.72. The minimum atomic E-state index is 0.183. The summed E-state index contributed by atoms with van der Waals surface area (Å²) in [5.41, 5.74) is 1.37. The predicted octanol–water partition coefficient (Wildman–Crippen LogP) is 3.91. The Bertz CT molecular complexity index is 370. The highest BCUT2D eigenvalue weighted by Crippen LogP contribution is 2.35. The van der Waals surface area contributed by atoms with Crippen molar-refractivity contribution in [2.75, 3.05) is 6.61 Å². The molecule has 0 saturated heterocycles. The van der Waals surface area contributed by atoms with Crippen LogP contribution in [-0.4, -0.2) is 17.8 Å². The van der Waals surface area contributed by atoms with Crippen molar-refractivity contribution in [3.05, 3.63) is 35.9 Å². The van der Waals surface area contributed by atoms with E-state index < -0.39 is 0 Å². The molecule has 1 aliphatic carbocycles. The molecule has 2 heteroatoms. The molecule has 0 spiro atoms. The van der Waals surface area contributed by atoms with E-state index in [1.165, 1.54) is 37.7 Å². The van der Waals surface area contributed by atoms with Crippen molar-refractivity contribution in [2.45, 2.75) is 58.0 Å². The van der Waals surface area contributed by atoms with E-state index in [2.05, 4.69) is 49.5 Å². The summed E-state index contributed by atoms with van der Waals surface area (Å²) in [5.74, 6) is 1.16. The van der Waals surface area contributed by atoms with Gasteiger partial charge in [0.05, 0.1) is 6.61 Å². The molecule has 1 unspecified atom stereocenters. The van der Waals surface area contributed by atoms with Crippen LogP contribution in [0.3, 0.4) is 0 Å². The van der Waals surface area contributed by atoms with Gasteiger partial charge in [0, 0.05) is 12.1 Å². The lowest BCUT2D eigenvalue weighted by molar-refractivity contribution is 0.171. The van der Waals surface area contributed by atoms with E-state index in [-0.39, 0.29) is 12.6 Å². The third-order valence-electron chi connectivity index (χ3n) is 4.67. The van der Waals surface area contributed by atoms with Crippen molar-refractivity contribution >= 4 is 0 Å². The number of rotatable bonds is 6. The second-order valence-corrected chi connectivity index (χ2v) is 6.49. The second kappa shape index (κ2) is 7.80. The highest BCUT2D eigenvalue weighted by atomic mass is 16.3. The van der Waals surface area contributed by atoms with Crippen LogP contribution >= 0.6 is 0 Å². The predicted molar refractivity (Wildman–Crippen MR) is 84.6 cm³/mol. The normalized spacial score (nSPS) is 20.0. The third kappa shape index (κ3) is 4.07. The van der Waals surface area contributed by atoms with Crippen molar-refractivity contribution in [2.24, 2.45) is 11.8 Å². The van der Waals surface area contributed by atoms with Crippen LogP contribution < -0.4 is 5.32 Å². The minimum Gasteiger partial charge on any atom is -0.395 e. The number of benzene rings is 1. The zero-order chi connectivity index (χ0) is 14.4. The van der Waals surface area contributed by atoms with Gasteiger partial charge in [-0.15, -0.1) is 0 Å². The van der Waals surface area contributed by atoms with Gasteiger partial charge >= 0.3 is 0 Å². The first-order valence-corrected chi connectivity index (χ1v) is 8.14. The van der Waals surface area contributed by atoms with Crippen LogP contribution in [0.4, 0.5) is 0 Å². The van der Waals surface area contributed by atoms with Gasteiger partial charge in [-0.3, -0.25) is 0 Å². The molecule has 0 heterocycles. The molecule has 0 aliphatic heterocycles. The van der Waals surface area contributed by atoms with E-state index in [1.807, 2.05) is 0 Å². The molecule has 2 atom stereocenters. The zero-order valence-electron chi connectivity index (χ0n) is 12.9. The van der Waals surface area contributed by atoms with Gasteiger partial charge in [0.1, 0.15) is 0 Å². The molecule has 2 N–H and O–H groups in total. The topological polar surface area (TPSA) is 32.3 Å². The molecule has 0 radical (unpaired) electrons. The Balaban J connectivity index is 2.15. The van der Waals surface area contributed by atoms with E-state index in [0.29, 0.717) is 17.9 Å². The Morgan fingerprint density at radius 3 is 2.30 bits per heavy atom. The molecule has 0 amide bonds.